The summed E-state index contributed by atoms with van der Waals surface area (Å²) >= 11 is 0. The number of rotatable bonds is 3. The number of morpholine rings is 1. The SMILES string of the molecule is CC(c1c(N)cccc1C(N)=O)N1CCOCC1. The van der Waals surface area contributed by atoms with Crippen LogP contribution in [0.1, 0.15) is 28.9 Å². The van der Waals surface area contributed by atoms with Gasteiger partial charge in [-0.25, -0.2) is 0 Å². The minimum absolute atomic E-state index is 0.0672. The third-order valence-corrected chi connectivity index (χ3v) is 3.42. The summed E-state index contributed by atoms with van der Waals surface area (Å²) in [7, 11) is 0. The van der Waals surface area contributed by atoms with Gasteiger partial charge in [-0.05, 0) is 19.1 Å². The van der Waals surface area contributed by atoms with Crippen molar-refractivity contribution in [3.8, 4) is 0 Å². The quantitative estimate of drug-likeness (QED) is 0.775. The van der Waals surface area contributed by atoms with Gasteiger partial charge >= 0.3 is 0 Å². The van der Waals surface area contributed by atoms with Crippen molar-refractivity contribution < 1.29 is 9.53 Å². The number of primary amides is 1. The Kier molecular flexibility index (Phi) is 3.84. The minimum atomic E-state index is -0.433. The van der Waals surface area contributed by atoms with E-state index in [2.05, 4.69) is 4.90 Å². The van der Waals surface area contributed by atoms with Crippen molar-refractivity contribution in [2.75, 3.05) is 32.0 Å². The molecule has 1 unspecified atom stereocenters. The Bertz CT molecular complexity index is 442. The molecular formula is C13H19N3O2. The Morgan fingerprint density at radius 3 is 2.67 bits per heavy atom. The number of nitrogen functional groups attached to an aromatic ring is 1. The lowest BCUT2D eigenvalue weighted by atomic mass is 9.97. The first kappa shape index (κ1) is 12.9. The zero-order valence-corrected chi connectivity index (χ0v) is 10.6. The normalized spacial score (nSPS) is 18.5. The molecule has 5 nitrogen and oxygen atoms in total. The molecule has 0 radical (unpaired) electrons. The van der Waals surface area contributed by atoms with E-state index in [0.717, 1.165) is 18.7 Å². The van der Waals surface area contributed by atoms with Gasteiger partial charge in [0, 0.05) is 35.9 Å². The van der Waals surface area contributed by atoms with Crippen LogP contribution in [0.25, 0.3) is 0 Å². The second-order valence-corrected chi connectivity index (χ2v) is 4.50. The average Bonchev–Trinajstić information content (AvgIpc) is 2.38. The summed E-state index contributed by atoms with van der Waals surface area (Å²) in [6.07, 6.45) is 0. The first-order valence-electron chi connectivity index (χ1n) is 6.11. The molecule has 1 aromatic rings. The number of anilines is 1. The first-order chi connectivity index (χ1) is 8.61. The second kappa shape index (κ2) is 5.37. The van der Waals surface area contributed by atoms with Gasteiger partial charge in [0.25, 0.3) is 0 Å². The van der Waals surface area contributed by atoms with Gasteiger partial charge in [0.2, 0.25) is 5.91 Å². The lowest BCUT2D eigenvalue weighted by Crippen LogP contribution is -2.39. The molecule has 1 saturated heterocycles. The molecule has 0 aliphatic carbocycles. The van der Waals surface area contributed by atoms with Crippen molar-refractivity contribution in [1.82, 2.24) is 4.90 Å². The minimum Gasteiger partial charge on any atom is -0.398 e. The molecule has 1 aliphatic rings. The molecule has 18 heavy (non-hydrogen) atoms. The lowest BCUT2D eigenvalue weighted by Gasteiger charge is -2.33. The van der Waals surface area contributed by atoms with Gasteiger partial charge in [-0.15, -0.1) is 0 Å². The summed E-state index contributed by atoms with van der Waals surface area (Å²) in [5.74, 6) is -0.433. The van der Waals surface area contributed by atoms with Crippen LogP contribution in [0.5, 0.6) is 0 Å². The maximum Gasteiger partial charge on any atom is 0.249 e. The highest BCUT2D eigenvalue weighted by Crippen LogP contribution is 2.29. The third-order valence-electron chi connectivity index (χ3n) is 3.42. The fraction of sp³-hybridized carbons (Fsp3) is 0.462. The Hall–Kier alpha value is -1.59. The number of amides is 1. The Morgan fingerprint density at radius 2 is 2.06 bits per heavy atom. The Morgan fingerprint density at radius 1 is 1.39 bits per heavy atom. The van der Waals surface area contributed by atoms with Gasteiger partial charge in [-0.1, -0.05) is 6.07 Å². The van der Waals surface area contributed by atoms with Crippen molar-refractivity contribution >= 4 is 11.6 Å². The van der Waals surface area contributed by atoms with Gasteiger partial charge in [-0.2, -0.15) is 0 Å². The van der Waals surface area contributed by atoms with Crippen molar-refractivity contribution in [1.29, 1.82) is 0 Å². The fourth-order valence-electron chi connectivity index (χ4n) is 2.41. The Balaban J connectivity index is 2.33. The number of carbonyl (C=O) groups is 1. The van der Waals surface area contributed by atoms with Crippen molar-refractivity contribution in [2.45, 2.75) is 13.0 Å². The number of nitrogens with zero attached hydrogens (tertiary/aromatic N) is 1. The van der Waals surface area contributed by atoms with Crippen LogP contribution in [-0.2, 0) is 4.74 Å². The smallest absolute Gasteiger partial charge is 0.249 e. The van der Waals surface area contributed by atoms with Crippen LogP contribution in [0.2, 0.25) is 0 Å². The molecular weight excluding hydrogens is 230 g/mol. The largest absolute Gasteiger partial charge is 0.398 e. The number of hydrogen-bond donors (Lipinski definition) is 2. The first-order valence-corrected chi connectivity index (χ1v) is 6.11. The number of ether oxygens (including phenoxy) is 1. The van der Waals surface area contributed by atoms with Crippen LogP contribution < -0.4 is 11.5 Å². The van der Waals surface area contributed by atoms with E-state index in [-0.39, 0.29) is 6.04 Å². The second-order valence-electron chi connectivity index (χ2n) is 4.50. The molecule has 1 amide bonds. The highest BCUT2D eigenvalue weighted by molar-refractivity contribution is 5.95. The van der Waals surface area contributed by atoms with Gasteiger partial charge in [0.05, 0.1) is 13.2 Å². The molecule has 98 valence electrons. The topological polar surface area (TPSA) is 81.6 Å². The standard InChI is InChI=1S/C13H19N3O2/c1-9(16-5-7-18-8-6-16)12-10(13(15)17)3-2-4-11(12)14/h2-4,9H,5-8,14H2,1H3,(H2,15,17). The van der Waals surface area contributed by atoms with Crippen LogP contribution in [0.15, 0.2) is 18.2 Å². The average molecular weight is 249 g/mol. The maximum atomic E-state index is 11.5. The predicted octanol–water partition coefficient (Wildman–Crippen LogP) is 0.761. The van der Waals surface area contributed by atoms with E-state index in [4.69, 9.17) is 16.2 Å². The van der Waals surface area contributed by atoms with Crippen LogP contribution in [0, 0.1) is 0 Å². The zero-order chi connectivity index (χ0) is 13.1. The van der Waals surface area contributed by atoms with E-state index in [1.54, 1.807) is 18.2 Å². The van der Waals surface area contributed by atoms with Crippen LogP contribution >= 0.6 is 0 Å². The van der Waals surface area contributed by atoms with Crippen molar-refractivity contribution in [2.24, 2.45) is 5.73 Å². The molecule has 0 saturated carbocycles. The Labute approximate surface area is 107 Å². The molecule has 0 aromatic heterocycles. The fourth-order valence-corrected chi connectivity index (χ4v) is 2.41. The van der Waals surface area contributed by atoms with E-state index in [1.165, 1.54) is 0 Å². The van der Waals surface area contributed by atoms with Crippen LogP contribution in [0.4, 0.5) is 5.69 Å². The van der Waals surface area contributed by atoms with E-state index in [0.29, 0.717) is 24.5 Å². The van der Waals surface area contributed by atoms with E-state index >= 15 is 0 Å². The summed E-state index contributed by atoms with van der Waals surface area (Å²) in [4.78, 5) is 13.7. The molecule has 5 heteroatoms. The number of hydrogen-bond acceptors (Lipinski definition) is 4. The molecule has 1 aromatic carbocycles. The summed E-state index contributed by atoms with van der Waals surface area (Å²) in [5, 5.41) is 0. The van der Waals surface area contributed by atoms with Crippen LogP contribution in [0.3, 0.4) is 0 Å². The molecule has 2 rings (SSSR count). The number of nitrogens with two attached hydrogens (primary N) is 2. The molecule has 1 fully saturated rings. The number of carbonyl (C=O) groups excluding carboxylic acids is 1. The lowest BCUT2D eigenvalue weighted by molar-refractivity contribution is 0.0198. The van der Waals surface area contributed by atoms with Gasteiger partial charge < -0.3 is 16.2 Å². The van der Waals surface area contributed by atoms with E-state index in [9.17, 15) is 4.79 Å². The van der Waals surface area contributed by atoms with Gasteiger partial charge in [0.15, 0.2) is 0 Å². The van der Waals surface area contributed by atoms with Crippen molar-refractivity contribution in [3.05, 3.63) is 29.3 Å². The molecule has 0 spiro atoms. The van der Waals surface area contributed by atoms with E-state index in [1.807, 2.05) is 6.92 Å². The van der Waals surface area contributed by atoms with Crippen LogP contribution in [-0.4, -0.2) is 37.1 Å². The summed E-state index contributed by atoms with van der Waals surface area (Å²) in [6.45, 7) is 5.15. The third kappa shape index (κ3) is 2.47. The summed E-state index contributed by atoms with van der Waals surface area (Å²) in [5.41, 5.74) is 13.4. The predicted molar refractivity (Wildman–Crippen MR) is 70.2 cm³/mol. The molecule has 0 bridgehead atoms. The molecule has 1 atom stereocenters. The van der Waals surface area contributed by atoms with E-state index < -0.39 is 5.91 Å². The van der Waals surface area contributed by atoms with Gasteiger partial charge in [0.1, 0.15) is 0 Å². The monoisotopic (exact) mass is 249 g/mol. The summed E-state index contributed by atoms with van der Waals surface area (Å²) in [6, 6.07) is 5.35. The van der Waals surface area contributed by atoms with Gasteiger partial charge in [-0.3, -0.25) is 9.69 Å². The van der Waals surface area contributed by atoms with Crippen molar-refractivity contribution in [3.63, 3.8) is 0 Å². The highest BCUT2D eigenvalue weighted by Gasteiger charge is 2.23. The zero-order valence-electron chi connectivity index (χ0n) is 10.6. The number of benzene rings is 1. The summed E-state index contributed by atoms with van der Waals surface area (Å²) < 4.78 is 5.33. The maximum absolute atomic E-state index is 11.5. The molecule has 4 N–H and O–H groups in total. The molecule has 1 heterocycles. The highest BCUT2D eigenvalue weighted by atomic mass is 16.5. The molecule has 1 aliphatic heterocycles.